The molecule has 27 heavy (non-hydrogen) atoms. The number of ether oxygens (including phenoxy) is 1. The highest BCUT2D eigenvalue weighted by Crippen LogP contribution is 2.24. The molecule has 2 aromatic rings. The van der Waals surface area contributed by atoms with Crippen molar-refractivity contribution in [2.75, 3.05) is 25.0 Å². The number of carboxylic acid groups (broad SMARTS) is 1. The molecule has 0 bridgehead atoms. The van der Waals surface area contributed by atoms with Gasteiger partial charge in [0, 0.05) is 24.8 Å². The molecule has 0 aliphatic carbocycles. The highest BCUT2D eigenvalue weighted by atomic mass is 16.5. The van der Waals surface area contributed by atoms with Crippen LogP contribution in [0.5, 0.6) is 11.5 Å². The predicted molar refractivity (Wildman–Crippen MR) is 103 cm³/mol. The maximum absolute atomic E-state index is 12.4. The molecule has 0 radical (unpaired) electrons. The summed E-state index contributed by atoms with van der Waals surface area (Å²) in [4.78, 5) is 25.6. The Bertz CT molecular complexity index is 794. The van der Waals surface area contributed by atoms with Crippen molar-refractivity contribution >= 4 is 17.6 Å². The number of likely N-dealkylation sites (tertiary alicyclic amines) is 1. The van der Waals surface area contributed by atoms with Crippen LogP contribution in [0.2, 0.25) is 0 Å². The number of para-hydroxylation sites is 1. The molecule has 1 heterocycles. The van der Waals surface area contributed by atoms with Crippen LogP contribution >= 0.6 is 0 Å². The Kier molecular flexibility index (Phi) is 6.08. The van der Waals surface area contributed by atoms with Gasteiger partial charge in [-0.05, 0) is 36.6 Å². The fraction of sp³-hybridized carbons (Fsp3) is 0.333. The fourth-order valence-corrected chi connectivity index (χ4v) is 3.44. The van der Waals surface area contributed by atoms with Gasteiger partial charge >= 0.3 is 5.97 Å². The van der Waals surface area contributed by atoms with Crippen LogP contribution < -0.4 is 10.1 Å². The van der Waals surface area contributed by atoms with Crippen molar-refractivity contribution in [2.24, 2.45) is 11.8 Å². The number of carbonyl (C=O) groups is 2. The molecule has 2 aromatic carbocycles. The second kappa shape index (κ2) is 8.68. The molecule has 1 saturated heterocycles. The van der Waals surface area contributed by atoms with Gasteiger partial charge in [0.25, 0.3) is 0 Å². The minimum Gasteiger partial charge on any atom is -0.481 e. The van der Waals surface area contributed by atoms with Gasteiger partial charge in [-0.1, -0.05) is 31.2 Å². The van der Waals surface area contributed by atoms with E-state index in [0.29, 0.717) is 24.4 Å². The summed E-state index contributed by atoms with van der Waals surface area (Å²) in [6, 6.07) is 16.6. The van der Waals surface area contributed by atoms with Crippen molar-refractivity contribution in [1.82, 2.24) is 4.90 Å². The minimum atomic E-state index is -0.794. The van der Waals surface area contributed by atoms with Gasteiger partial charge in [-0.2, -0.15) is 0 Å². The van der Waals surface area contributed by atoms with E-state index in [1.54, 1.807) is 12.1 Å². The largest absolute Gasteiger partial charge is 0.481 e. The van der Waals surface area contributed by atoms with E-state index in [1.165, 1.54) is 0 Å². The van der Waals surface area contributed by atoms with E-state index in [9.17, 15) is 14.7 Å². The normalized spacial score (nSPS) is 20.0. The van der Waals surface area contributed by atoms with Crippen LogP contribution in [0.15, 0.2) is 54.6 Å². The zero-order valence-electron chi connectivity index (χ0n) is 15.3. The van der Waals surface area contributed by atoms with Crippen molar-refractivity contribution in [3.8, 4) is 11.5 Å². The Hall–Kier alpha value is -2.86. The molecule has 0 aromatic heterocycles. The Morgan fingerprint density at radius 2 is 1.85 bits per heavy atom. The van der Waals surface area contributed by atoms with Gasteiger partial charge in [0.1, 0.15) is 11.5 Å². The number of nitrogens with one attached hydrogen (secondary N) is 1. The summed E-state index contributed by atoms with van der Waals surface area (Å²) in [5.74, 6) is 0.252. The molecule has 6 heteroatoms. The summed E-state index contributed by atoms with van der Waals surface area (Å²) >= 11 is 0. The van der Waals surface area contributed by atoms with E-state index in [0.717, 1.165) is 12.3 Å². The monoisotopic (exact) mass is 368 g/mol. The molecule has 2 N–H and O–H groups in total. The van der Waals surface area contributed by atoms with Gasteiger partial charge in [0.15, 0.2) is 0 Å². The smallest absolute Gasteiger partial charge is 0.307 e. The number of amides is 1. The fourth-order valence-electron chi connectivity index (χ4n) is 3.44. The van der Waals surface area contributed by atoms with Crippen molar-refractivity contribution in [3.63, 3.8) is 0 Å². The molecule has 2 atom stereocenters. The zero-order chi connectivity index (χ0) is 19.2. The third-order valence-electron chi connectivity index (χ3n) is 4.55. The van der Waals surface area contributed by atoms with Crippen LogP contribution in [0.4, 0.5) is 5.69 Å². The number of rotatable bonds is 6. The first-order chi connectivity index (χ1) is 13.0. The topological polar surface area (TPSA) is 78.9 Å². The van der Waals surface area contributed by atoms with Crippen molar-refractivity contribution in [2.45, 2.75) is 13.3 Å². The van der Waals surface area contributed by atoms with Gasteiger partial charge in [-0.25, -0.2) is 0 Å². The first-order valence-electron chi connectivity index (χ1n) is 9.07. The molecular weight excluding hydrogens is 344 g/mol. The van der Waals surface area contributed by atoms with Crippen LogP contribution in [0.3, 0.4) is 0 Å². The number of piperidine rings is 1. The number of nitrogens with zero attached hydrogens (tertiary/aromatic N) is 1. The third kappa shape index (κ3) is 5.56. The quantitative estimate of drug-likeness (QED) is 0.816. The van der Waals surface area contributed by atoms with Crippen LogP contribution in [0.25, 0.3) is 0 Å². The Morgan fingerprint density at radius 3 is 2.59 bits per heavy atom. The van der Waals surface area contributed by atoms with Gasteiger partial charge in [-0.15, -0.1) is 0 Å². The van der Waals surface area contributed by atoms with Crippen molar-refractivity contribution in [3.05, 3.63) is 54.6 Å². The standard InChI is InChI=1S/C21H24N2O4/c1-15-10-16(21(25)26)13-23(12-15)14-20(24)22-17-6-5-9-19(11-17)27-18-7-3-2-4-8-18/h2-9,11,15-16H,10,12-14H2,1H3,(H,22,24)(H,25,26). The molecule has 2 unspecified atom stereocenters. The Morgan fingerprint density at radius 1 is 1.11 bits per heavy atom. The highest BCUT2D eigenvalue weighted by Gasteiger charge is 2.30. The second-order valence-electron chi connectivity index (χ2n) is 7.06. The molecule has 142 valence electrons. The summed E-state index contributed by atoms with van der Waals surface area (Å²) in [5.41, 5.74) is 0.647. The molecule has 0 saturated carbocycles. The zero-order valence-corrected chi connectivity index (χ0v) is 15.3. The lowest BCUT2D eigenvalue weighted by molar-refractivity contribution is -0.144. The molecule has 0 spiro atoms. The van der Waals surface area contributed by atoms with Gasteiger partial charge in [-0.3, -0.25) is 14.5 Å². The number of aliphatic carboxylic acids is 1. The molecule has 3 rings (SSSR count). The first kappa shape index (κ1) is 18.9. The summed E-state index contributed by atoms with van der Waals surface area (Å²) < 4.78 is 5.78. The molecular formula is C21H24N2O4. The average molecular weight is 368 g/mol. The number of hydrogen-bond donors (Lipinski definition) is 2. The Labute approximate surface area is 158 Å². The second-order valence-corrected chi connectivity index (χ2v) is 7.06. The molecule has 1 amide bonds. The third-order valence-corrected chi connectivity index (χ3v) is 4.55. The van der Waals surface area contributed by atoms with Crippen LogP contribution in [-0.4, -0.2) is 41.5 Å². The lowest BCUT2D eigenvalue weighted by Gasteiger charge is -2.34. The summed E-state index contributed by atoms with van der Waals surface area (Å²) in [6.45, 7) is 3.33. The number of carbonyl (C=O) groups excluding carboxylic acids is 1. The highest BCUT2D eigenvalue weighted by molar-refractivity contribution is 5.92. The van der Waals surface area contributed by atoms with Gasteiger partial charge < -0.3 is 15.2 Å². The maximum Gasteiger partial charge on any atom is 0.307 e. The lowest BCUT2D eigenvalue weighted by Crippen LogP contribution is -2.45. The van der Waals surface area contributed by atoms with Crippen LogP contribution in [0, 0.1) is 11.8 Å². The van der Waals surface area contributed by atoms with E-state index in [4.69, 9.17) is 4.74 Å². The van der Waals surface area contributed by atoms with Crippen LogP contribution in [0.1, 0.15) is 13.3 Å². The number of benzene rings is 2. The van der Waals surface area contributed by atoms with Gasteiger partial charge in [0.05, 0.1) is 12.5 Å². The van der Waals surface area contributed by atoms with E-state index >= 15 is 0 Å². The molecule has 1 aliphatic rings. The summed E-state index contributed by atoms with van der Waals surface area (Å²) in [7, 11) is 0. The van der Waals surface area contributed by atoms with Crippen LogP contribution in [-0.2, 0) is 9.59 Å². The molecule has 6 nitrogen and oxygen atoms in total. The van der Waals surface area contributed by atoms with E-state index in [2.05, 4.69) is 5.32 Å². The minimum absolute atomic E-state index is 0.162. The van der Waals surface area contributed by atoms with Gasteiger partial charge in [0.2, 0.25) is 5.91 Å². The number of anilines is 1. The van der Waals surface area contributed by atoms with E-state index in [1.807, 2.05) is 54.3 Å². The number of carboxylic acids is 1. The molecule has 1 fully saturated rings. The van der Waals surface area contributed by atoms with Crippen molar-refractivity contribution in [1.29, 1.82) is 0 Å². The van der Waals surface area contributed by atoms with E-state index < -0.39 is 11.9 Å². The lowest BCUT2D eigenvalue weighted by atomic mass is 9.90. The predicted octanol–water partition coefficient (Wildman–Crippen LogP) is 3.46. The summed E-state index contributed by atoms with van der Waals surface area (Å²) in [6.07, 6.45) is 0.659. The SMILES string of the molecule is CC1CC(C(=O)O)CN(CC(=O)Nc2cccc(Oc3ccccc3)c2)C1. The van der Waals surface area contributed by atoms with E-state index in [-0.39, 0.29) is 18.4 Å². The van der Waals surface area contributed by atoms with Crippen molar-refractivity contribution < 1.29 is 19.4 Å². The maximum atomic E-state index is 12.4. The molecule has 1 aliphatic heterocycles. The number of hydrogen-bond acceptors (Lipinski definition) is 4. The first-order valence-corrected chi connectivity index (χ1v) is 9.07. The average Bonchev–Trinajstić information content (AvgIpc) is 2.62. The summed E-state index contributed by atoms with van der Waals surface area (Å²) in [5, 5.41) is 12.1. The Balaban J connectivity index is 1.57.